The topological polar surface area (TPSA) is 75.7 Å². The largest absolute Gasteiger partial charge is 0.491 e. The van der Waals surface area contributed by atoms with E-state index in [0.717, 1.165) is 16.1 Å². The number of nitrogens with zero attached hydrogens (tertiary/aromatic N) is 1. The van der Waals surface area contributed by atoms with Gasteiger partial charge in [0, 0.05) is 5.02 Å². The van der Waals surface area contributed by atoms with E-state index >= 15 is 0 Å². The van der Waals surface area contributed by atoms with Crippen molar-refractivity contribution in [3.05, 3.63) is 59.1 Å². The molecule has 2 aromatic rings. The Kier molecular flexibility index (Phi) is 7.93. The molecule has 8 heteroatoms. The number of ether oxygens (including phenoxy) is 1. The predicted octanol–water partition coefficient (Wildman–Crippen LogP) is 3.78. The van der Waals surface area contributed by atoms with Crippen molar-refractivity contribution in [2.24, 2.45) is 0 Å². The van der Waals surface area contributed by atoms with E-state index in [9.17, 15) is 13.2 Å². The zero-order chi connectivity index (χ0) is 21.6. The second-order valence-corrected chi connectivity index (χ2v) is 9.29. The first-order valence-electron chi connectivity index (χ1n) is 9.36. The summed E-state index contributed by atoms with van der Waals surface area (Å²) < 4.78 is 31.7. The van der Waals surface area contributed by atoms with Crippen molar-refractivity contribution in [3.63, 3.8) is 0 Å². The van der Waals surface area contributed by atoms with Gasteiger partial charge in [-0.15, -0.1) is 0 Å². The molecule has 0 aromatic heterocycles. The van der Waals surface area contributed by atoms with Gasteiger partial charge in [-0.25, -0.2) is 8.42 Å². The van der Waals surface area contributed by atoms with Gasteiger partial charge in [0.15, 0.2) is 0 Å². The van der Waals surface area contributed by atoms with Crippen LogP contribution in [0.3, 0.4) is 0 Å². The monoisotopic (exact) mass is 438 g/mol. The molecule has 1 amide bonds. The van der Waals surface area contributed by atoms with E-state index in [2.05, 4.69) is 5.32 Å². The fourth-order valence-corrected chi connectivity index (χ4v) is 4.30. The molecule has 0 aliphatic heterocycles. The molecule has 0 bridgehead atoms. The van der Waals surface area contributed by atoms with Crippen LogP contribution in [0, 0.1) is 6.92 Å². The third-order valence-electron chi connectivity index (χ3n) is 4.30. The number of carbonyl (C=O) groups is 1. The number of amides is 1. The minimum atomic E-state index is -3.70. The number of rotatable bonds is 9. The van der Waals surface area contributed by atoms with Crippen molar-refractivity contribution in [2.45, 2.75) is 39.3 Å². The predicted molar refractivity (Wildman–Crippen MR) is 117 cm³/mol. The Bertz CT molecular complexity index is 932. The highest BCUT2D eigenvalue weighted by atomic mass is 35.5. The van der Waals surface area contributed by atoms with Crippen LogP contribution in [0.4, 0.5) is 5.69 Å². The fourth-order valence-electron chi connectivity index (χ4n) is 2.91. The molecule has 0 aliphatic carbocycles. The van der Waals surface area contributed by atoms with E-state index in [-0.39, 0.29) is 12.6 Å². The standard InChI is InChI=1S/C21H27ClN2O4S/c1-5-20(24(29(4,26)27)18-8-6-7-17(22)13-18)21(25)23-16(3)14-28-19-11-9-15(2)10-12-19/h6-13,16,20H,5,14H2,1-4H3,(H,23,25)/t16-,20-/m0/s1. The molecular formula is C21H27ClN2O4S. The number of aryl methyl sites for hydroxylation is 1. The van der Waals surface area contributed by atoms with Crippen molar-refractivity contribution in [3.8, 4) is 5.75 Å². The molecule has 0 unspecified atom stereocenters. The lowest BCUT2D eigenvalue weighted by Crippen LogP contribution is -2.52. The summed E-state index contributed by atoms with van der Waals surface area (Å²) in [5.74, 6) is 0.318. The van der Waals surface area contributed by atoms with Crippen molar-refractivity contribution in [1.82, 2.24) is 5.32 Å². The van der Waals surface area contributed by atoms with Gasteiger partial charge >= 0.3 is 0 Å². The summed E-state index contributed by atoms with van der Waals surface area (Å²) in [5, 5.41) is 3.24. The van der Waals surface area contributed by atoms with Crippen molar-refractivity contribution in [1.29, 1.82) is 0 Å². The van der Waals surface area contributed by atoms with E-state index in [1.54, 1.807) is 25.1 Å². The number of hydrogen-bond donors (Lipinski definition) is 1. The summed E-state index contributed by atoms with van der Waals surface area (Å²) in [6, 6.07) is 12.9. The van der Waals surface area contributed by atoms with Crippen LogP contribution in [-0.2, 0) is 14.8 Å². The average molecular weight is 439 g/mol. The number of hydrogen-bond acceptors (Lipinski definition) is 4. The molecule has 0 radical (unpaired) electrons. The molecule has 6 nitrogen and oxygen atoms in total. The van der Waals surface area contributed by atoms with Crippen molar-refractivity contribution in [2.75, 3.05) is 17.2 Å². The van der Waals surface area contributed by atoms with Gasteiger partial charge in [-0.1, -0.05) is 42.3 Å². The first-order chi connectivity index (χ1) is 13.6. The van der Waals surface area contributed by atoms with Gasteiger partial charge in [0.05, 0.1) is 18.0 Å². The molecule has 2 atom stereocenters. The molecule has 0 aliphatic rings. The Morgan fingerprint density at radius 3 is 2.41 bits per heavy atom. The summed E-state index contributed by atoms with van der Waals surface area (Å²) in [6.07, 6.45) is 1.38. The van der Waals surface area contributed by atoms with Crippen molar-refractivity contribution < 1.29 is 17.9 Å². The molecule has 2 rings (SSSR count). The quantitative estimate of drug-likeness (QED) is 0.646. The summed E-state index contributed by atoms with van der Waals surface area (Å²) in [4.78, 5) is 12.9. The van der Waals surface area contributed by atoms with Crippen LogP contribution in [0.5, 0.6) is 5.75 Å². The van der Waals surface area contributed by atoms with Crippen LogP contribution >= 0.6 is 11.6 Å². The molecule has 0 heterocycles. The molecule has 0 fully saturated rings. The Hall–Kier alpha value is -2.25. The van der Waals surface area contributed by atoms with E-state index in [1.807, 2.05) is 38.1 Å². The molecule has 0 saturated carbocycles. The lowest BCUT2D eigenvalue weighted by atomic mass is 10.1. The van der Waals surface area contributed by atoms with Crippen LogP contribution in [0.1, 0.15) is 25.8 Å². The number of nitrogens with one attached hydrogen (secondary N) is 1. The molecule has 0 spiro atoms. The van der Waals surface area contributed by atoms with Crippen LogP contribution in [0.15, 0.2) is 48.5 Å². The third kappa shape index (κ3) is 6.65. The van der Waals surface area contributed by atoms with E-state index in [0.29, 0.717) is 22.9 Å². The molecule has 1 N–H and O–H groups in total. The van der Waals surface area contributed by atoms with Gasteiger partial charge in [-0.3, -0.25) is 9.10 Å². The fraction of sp³-hybridized carbons (Fsp3) is 0.381. The molecular weight excluding hydrogens is 412 g/mol. The van der Waals surface area contributed by atoms with Gasteiger partial charge in [0.25, 0.3) is 0 Å². The third-order valence-corrected chi connectivity index (χ3v) is 5.72. The lowest BCUT2D eigenvalue weighted by Gasteiger charge is -2.31. The van der Waals surface area contributed by atoms with Crippen molar-refractivity contribution >= 4 is 33.2 Å². The maximum absolute atomic E-state index is 12.9. The maximum Gasteiger partial charge on any atom is 0.244 e. The molecule has 2 aromatic carbocycles. The number of halogens is 1. The zero-order valence-electron chi connectivity index (χ0n) is 17.1. The van der Waals surface area contributed by atoms with E-state index < -0.39 is 22.0 Å². The SMILES string of the molecule is CC[C@@H](C(=O)N[C@@H](C)COc1ccc(C)cc1)N(c1cccc(Cl)c1)S(C)(=O)=O. The van der Waals surface area contributed by atoms with Gasteiger partial charge in [0.2, 0.25) is 15.9 Å². The summed E-state index contributed by atoms with van der Waals surface area (Å²) in [5.41, 5.74) is 1.48. The lowest BCUT2D eigenvalue weighted by molar-refractivity contribution is -0.123. The first-order valence-corrected chi connectivity index (χ1v) is 11.6. The number of sulfonamides is 1. The molecule has 29 heavy (non-hydrogen) atoms. The maximum atomic E-state index is 12.9. The van der Waals surface area contributed by atoms with Gasteiger partial charge in [-0.05, 0) is 50.6 Å². The number of carbonyl (C=O) groups excluding carboxylic acids is 1. The normalized spacial score (nSPS) is 13.4. The minimum absolute atomic E-state index is 0.265. The number of benzene rings is 2. The Morgan fingerprint density at radius 2 is 1.86 bits per heavy atom. The van der Waals surface area contributed by atoms with E-state index in [4.69, 9.17) is 16.3 Å². The molecule has 0 saturated heterocycles. The second-order valence-electron chi connectivity index (χ2n) is 7.00. The van der Waals surface area contributed by atoms with Gasteiger partial charge in [0.1, 0.15) is 18.4 Å². The number of anilines is 1. The highest BCUT2D eigenvalue weighted by Gasteiger charge is 2.32. The van der Waals surface area contributed by atoms with Crippen LogP contribution in [0.2, 0.25) is 5.02 Å². The van der Waals surface area contributed by atoms with E-state index in [1.165, 1.54) is 6.07 Å². The summed E-state index contributed by atoms with van der Waals surface area (Å²) in [7, 11) is -3.70. The zero-order valence-corrected chi connectivity index (χ0v) is 18.6. The minimum Gasteiger partial charge on any atom is -0.491 e. The average Bonchev–Trinajstić information content (AvgIpc) is 2.64. The molecule has 158 valence electrons. The van der Waals surface area contributed by atoms with Gasteiger partial charge in [-0.2, -0.15) is 0 Å². The second kappa shape index (κ2) is 9.98. The van der Waals surface area contributed by atoms with Crippen LogP contribution < -0.4 is 14.4 Å². The Balaban J connectivity index is 2.11. The van der Waals surface area contributed by atoms with Crippen LogP contribution in [0.25, 0.3) is 0 Å². The van der Waals surface area contributed by atoms with Gasteiger partial charge < -0.3 is 10.1 Å². The Labute approximate surface area is 177 Å². The smallest absolute Gasteiger partial charge is 0.244 e. The first kappa shape index (κ1) is 23.0. The highest BCUT2D eigenvalue weighted by molar-refractivity contribution is 7.92. The summed E-state index contributed by atoms with van der Waals surface area (Å²) in [6.45, 7) is 5.83. The highest BCUT2D eigenvalue weighted by Crippen LogP contribution is 2.25. The summed E-state index contributed by atoms with van der Waals surface area (Å²) >= 11 is 6.02. The Morgan fingerprint density at radius 1 is 1.21 bits per heavy atom. The van der Waals surface area contributed by atoms with Crippen LogP contribution in [-0.4, -0.2) is 39.3 Å².